The number of likely N-dealkylation sites (N-methyl/N-ethyl adjacent to an activating group) is 1. The molecule has 3 heterocycles. The zero-order valence-corrected chi connectivity index (χ0v) is 16.7. The van der Waals surface area contributed by atoms with E-state index in [1.165, 1.54) is 6.07 Å². The number of carbonyl (C=O) groups is 2. The molecule has 1 aromatic heterocycles. The van der Waals surface area contributed by atoms with E-state index in [0.717, 1.165) is 0 Å². The Morgan fingerprint density at radius 1 is 1.35 bits per heavy atom. The van der Waals surface area contributed by atoms with E-state index in [1.54, 1.807) is 6.92 Å². The Balaban J connectivity index is 1.84. The van der Waals surface area contributed by atoms with Crippen LogP contribution in [0.5, 0.6) is 5.75 Å². The molecule has 164 valence electrons. The first-order valence-corrected chi connectivity index (χ1v) is 9.52. The van der Waals surface area contributed by atoms with Gasteiger partial charge in [-0.15, -0.1) is 0 Å². The van der Waals surface area contributed by atoms with Crippen molar-refractivity contribution >= 4 is 34.9 Å². The highest BCUT2D eigenvalue weighted by Gasteiger charge is 2.52. The van der Waals surface area contributed by atoms with Crippen molar-refractivity contribution in [3.05, 3.63) is 46.1 Å². The van der Waals surface area contributed by atoms with Crippen molar-refractivity contribution in [1.29, 1.82) is 0 Å². The van der Waals surface area contributed by atoms with Crippen molar-refractivity contribution in [1.82, 2.24) is 4.98 Å². The molecule has 2 amide bonds. The van der Waals surface area contributed by atoms with Crippen LogP contribution in [0, 0.1) is 18.6 Å². The zero-order valence-electron chi connectivity index (χ0n) is 19.0. The van der Waals surface area contributed by atoms with E-state index in [2.05, 4.69) is 4.98 Å². The first-order chi connectivity index (χ1) is 15.8. The number of aryl methyl sites for hydroxylation is 1. The van der Waals surface area contributed by atoms with E-state index < -0.39 is 59.4 Å². The number of halogens is 3. The van der Waals surface area contributed by atoms with Crippen LogP contribution in [-0.4, -0.2) is 58.8 Å². The van der Waals surface area contributed by atoms with Crippen LogP contribution in [0.15, 0.2) is 18.2 Å². The second-order valence-corrected chi connectivity index (χ2v) is 7.54. The monoisotopic (exact) mass is 456 g/mol. The molecule has 2 aromatic rings. The average Bonchev–Trinajstić information content (AvgIpc) is 3.30. The van der Waals surface area contributed by atoms with Crippen LogP contribution >= 0.6 is 11.6 Å². The van der Waals surface area contributed by atoms with Gasteiger partial charge in [-0.05, 0) is 19.1 Å². The summed E-state index contributed by atoms with van der Waals surface area (Å²) in [7, 11) is 0. The van der Waals surface area contributed by atoms with Crippen LogP contribution in [0.3, 0.4) is 0 Å². The molecule has 0 unspecified atom stereocenters. The number of anilines is 2. The number of nitrogens with zero attached hydrogens (tertiary/aromatic N) is 3. The van der Waals surface area contributed by atoms with Gasteiger partial charge in [0.05, 0.1) is 23.0 Å². The Morgan fingerprint density at radius 3 is 2.81 bits per heavy atom. The Bertz CT molecular complexity index is 1200. The number of amides is 2. The predicted octanol–water partition coefficient (Wildman–Crippen LogP) is 1.36. The minimum absolute atomic E-state index is 0.0107. The standard InChI is InChI=1S/C20H18ClF2N3O5/c1-8-18-9(3-4-31-18)5-14(24-8)26-15(16(27)17(28)20(26)30)19(29)25(2)13-6-10(21)11(22)7-12(13)23/h5-7,15-17,27-28H,3-4H2,1-2H3/t15-,16-,17-/m0/s1/i2D3. The molecule has 3 atom stereocenters. The molecule has 11 heteroatoms. The minimum atomic E-state index is -3.34. The normalized spacial score (nSPS) is 24.3. The van der Waals surface area contributed by atoms with Crippen molar-refractivity contribution in [2.75, 3.05) is 23.4 Å². The third kappa shape index (κ3) is 3.40. The number of aromatic nitrogens is 1. The number of hydrogen-bond acceptors (Lipinski definition) is 6. The highest BCUT2D eigenvalue weighted by Crippen LogP contribution is 2.35. The summed E-state index contributed by atoms with van der Waals surface area (Å²) in [5.74, 6) is -4.82. The fourth-order valence-electron chi connectivity index (χ4n) is 3.68. The molecular formula is C20H18ClF2N3O5. The first kappa shape index (κ1) is 17.8. The summed E-state index contributed by atoms with van der Waals surface area (Å²) >= 11 is 5.68. The van der Waals surface area contributed by atoms with E-state index in [0.29, 0.717) is 47.1 Å². The maximum Gasteiger partial charge on any atom is 0.260 e. The Hall–Kier alpha value is -2.82. The Morgan fingerprint density at radius 2 is 2.10 bits per heavy atom. The van der Waals surface area contributed by atoms with Crippen molar-refractivity contribution in [2.45, 2.75) is 31.6 Å². The molecule has 2 aliphatic heterocycles. The first-order valence-electron chi connectivity index (χ1n) is 10.6. The average molecular weight is 457 g/mol. The summed E-state index contributed by atoms with van der Waals surface area (Å²) in [4.78, 5) is 31.2. The molecular weight excluding hydrogens is 436 g/mol. The molecule has 31 heavy (non-hydrogen) atoms. The van der Waals surface area contributed by atoms with Gasteiger partial charge >= 0.3 is 0 Å². The van der Waals surface area contributed by atoms with E-state index in [4.69, 9.17) is 20.5 Å². The van der Waals surface area contributed by atoms with E-state index in [1.807, 2.05) is 0 Å². The van der Waals surface area contributed by atoms with E-state index in [-0.39, 0.29) is 10.7 Å². The highest BCUT2D eigenvalue weighted by molar-refractivity contribution is 6.31. The van der Waals surface area contributed by atoms with Gasteiger partial charge < -0.3 is 19.8 Å². The topological polar surface area (TPSA) is 103 Å². The van der Waals surface area contributed by atoms with Crippen molar-refractivity contribution in [2.24, 2.45) is 0 Å². The van der Waals surface area contributed by atoms with E-state index >= 15 is 0 Å². The summed E-state index contributed by atoms with van der Waals surface area (Å²) < 4.78 is 57.0. The maximum absolute atomic E-state index is 14.6. The fraction of sp³-hybridized carbons (Fsp3) is 0.350. The van der Waals surface area contributed by atoms with Gasteiger partial charge in [-0.1, -0.05) is 11.6 Å². The van der Waals surface area contributed by atoms with Gasteiger partial charge in [0, 0.05) is 29.1 Å². The summed E-state index contributed by atoms with van der Waals surface area (Å²) in [6.07, 6.45) is -3.69. The van der Waals surface area contributed by atoms with E-state index in [9.17, 15) is 28.6 Å². The van der Waals surface area contributed by atoms with Crippen LogP contribution in [-0.2, 0) is 16.0 Å². The molecule has 0 aliphatic carbocycles. The second-order valence-electron chi connectivity index (χ2n) is 7.13. The molecule has 1 fully saturated rings. The lowest BCUT2D eigenvalue weighted by molar-refractivity contribution is -0.126. The molecule has 4 rings (SSSR count). The number of aliphatic hydroxyl groups excluding tert-OH is 2. The number of carbonyl (C=O) groups excluding carboxylic acids is 2. The fourth-order valence-corrected chi connectivity index (χ4v) is 3.83. The van der Waals surface area contributed by atoms with Gasteiger partial charge in [0.2, 0.25) is 0 Å². The molecule has 0 radical (unpaired) electrons. The van der Waals surface area contributed by atoms with Gasteiger partial charge in [-0.2, -0.15) is 0 Å². The third-order valence-electron chi connectivity index (χ3n) is 5.19. The number of rotatable bonds is 3. The van der Waals surface area contributed by atoms with Gasteiger partial charge in [-0.25, -0.2) is 13.8 Å². The Kier molecular flexibility index (Phi) is 4.43. The summed E-state index contributed by atoms with van der Waals surface area (Å²) in [6, 6.07) is 0.347. The largest absolute Gasteiger partial charge is 0.491 e. The summed E-state index contributed by atoms with van der Waals surface area (Å²) in [5.41, 5.74) is 0.120. The molecule has 0 bridgehead atoms. The number of hydrogen-bond donors (Lipinski definition) is 2. The number of pyridine rings is 1. The zero-order chi connectivity index (χ0) is 25.1. The summed E-state index contributed by atoms with van der Waals surface area (Å²) in [6.45, 7) is -1.39. The minimum Gasteiger partial charge on any atom is -0.491 e. The van der Waals surface area contributed by atoms with Crippen LogP contribution in [0.2, 0.25) is 5.02 Å². The predicted molar refractivity (Wildman–Crippen MR) is 106 cm³/mol. The second kappa shape index (κ2) is 7.70. The van der Waals surface area contributed by atoms with Crippen LogP contribution in [0.4, 0.5) is 20.3 Å². The third-order valence-corrected chi connectivity index (χ3v) is 5.48. The summed E-state index contributed by atoms with van der Waals surface area (Å²) in [5, 5.41) is 20.1. The number of ether oxygens (including phenoxy) is 1. The molecule has 0 saturated carbocycles. The highest BCUT2D eigenvalue weighted by atomic mass is 35.5. The van der Waals surface area contributed by atoms with Crippen molar-refractivity contribution < 1.29 is 37.4 Å². The van der Waals surface area contributed by atoms with Crippen LogP contribution in [0.25, 0.3) is 0 Å². The molecule has 2 aliphatic rings. The smallest absolute Gasteiger partial charge is 0.260 e. The number of benzene rings is 1. The van der Waals surface area contributed by atoms with Gasteiger partial charge in [0.1, 0.15) is 35.3 Å². The van der Waals surface area contributed by atoms with Gasteiger partial charge in [0.15, 0.2) is 6.10 Å². The lowest BCUT2D eigenvalue weighted by Crippen LogP contribution is -2.50. The molecule has 2 N–H and O–H groups in total. The van der Waals surface area contributed by atoms with Crippen molar-refractivity contribution in [3.63, 3.8) is 0 Å². The Labute approximate surface area is 184 Å². The quantitative estimate of drug-likeness (QED) is 0.676. The lowest BCUT2D eigenvalue weighted by Gasteiger charge is -2.29. The molecule has 1 aromatic carbocycles. The lowest BCUT2D eigenvalue weighted by atomic mass is 10.1. The van der Waals surface area contributed by atoms with Crippen LogP contribution < -0.4 is 14.5 Å². The SMILES string of the molecule is [2H]C([2H])([2H])N(C(=O)[C@@H]1[C@H](O)[C@H](O)C(=O)N1c1cc2c(c(C)n1)OCC2)c1cc(Cl)c(F)cc1F. The van der Waals surface area contributed by atoms with Crippen LogP contribution in [0.1, 0.15) is 15.4 Å². The maximum atomic E-state index is 14.6. The number of fused-ring (bicyclic) bond motifs is 1. The van der Waals surface area contributed by atoms with Gasteiger partial charge in [-0.3, -0.25) is 14.5 Å². The number of aliphatic hydroxyl groups is 2. The molecule has 1 saturated heterocycles. The molecule has 0 spiro atoms. The molecule has 8 nitrogen and oxygen atoms in total. The van der Waals surface area contributed by atoms with Gasteiger partial charge in [0.25, 0.3) is 11.8 Å². The van der Waals surface area contributed by atoms with Crippen molar-refractivity contribution in [3.8, 4) is 5.75 Å².